The van der Waals surface area contributed by atoms with Crippen LogP contribution in [-0.2, 0) is 22.6 Å². The largest absolute Gasteiger partial charge is 0.350 e. The van der Waals surface area contributed by atoms with Gasteiger partial charge in [0.1, 0.15) is 6.04 Å². The summed E-state index contributed by atoms with van der Waals surface area (Å²) in [7, 11) is 0. The van der Waals surface area contributed by atoms with Crippen LogP contribution in [0.15, 0.2) is 54.6 Å². The van der Waals surface area contributed by atoms with Gasteiger partial charge < -0.3 is 10.2 Å². The lowest BCUT2D eigenvalue weighted by Gasteiger charge is -2.31. The van der Waals surface area contributed by atoms with Crippen LogP contribution in [-0.4, -0.2) is 28.3 Å². The van der Waals surface area contributed by atoms with Gasteiger partial charge >= 0.3 is 0 Å². The highest BCUT2D eigenvalue weighted by molar-refractivity contribution is 6.30. The zero-order valence-corrected chi connectivity index (χ0v) is 17.1. The van der Waals surface area contributed by atoms with E-state index in [1.165, 1.54) is 0 Å². The van der Waals surface area contributed by atoms with Crippen molar-refractivity contribution in [3.8, 4) is 0 Å². The van der Waals surface area contributed by atoms with Gasteiger partial charge in [0.2, 0.25) is 11.8 Å². The maximum absolute atomic E-state index is 13.0. The second kappa shape index (κ2) is 9.05. The molecule has 5 heteroatoms. The van der Waals surface area contributed by atoms with Gasteiger partial charge in [-0.3, -0.25) is 9.59 Å². The Kier molecular flexibility index (Phi) is 7.03. The lowest BCUT2D eigenvalue weighted by atomic mass is 10.1. The molecule has 4 nitrogen and oxygen atoms in total. The first-order chi connectivity index (χ1) is 12.7. The Morgan fingerprint density at radius 1 is 1.00 bits per heavy atom. The van der Waals surface area contributed by atoms with Gasteiger partial charge in [-0.15, -0.1) is 0 Å². The molecule has 1 atom stereocenters. The molecule has 2 rings (SSSR count). The second-order valence-electron chi connectivity index (χ2n) is 7.73. The monoisotopic (exact) mass is 386 g/mol. The quantitative estimate of drug-likeness (QED) is 0.808. The molecule has 144 valence electrons. The predicted molar refractivity (Wildman–Crippen MR) is 110 cm³/mol. The van der Waals surface area contributed by atoms with Crippen molar-refractivity contribution in [1.29, 1.82) is 0 Å². The number of hydrogen-bond donors (Lipinski definition) is 1. The molecule has 0 saturated carbocycles. The highest BCUT2D eigenvalue weighted by Crippen LogP contribution is 2.15. The standard InChI is InChI=1S/C22H27ClN2O2/c1-16(21(27)24-22(2,3)4)25(15-18-8-6-5-7-9-18)20(26)14-17-10-12-19(23)13-11-17/h5-13,16H,14-15H2,1-4H3,(H,24,27). The Labute approximate surface area is 166 Å². The number of carbonyl (C=O) groups excluding carboxylic acids is 2. The molecule has 27 heavy (non-hydrogen) atoms. The topological polar surface area (TPSA) is 49.4 Å². The van der Waals surface area contributed by atoms with Crippen molar-refractivity contribution >= 4 is 23.4 Å². The summed E-state index contributed by atoms with van der Waals surface area (Å²) < 4.78 is 0. The molecule has 0 spiro atoms. The van der Waals surface area contributed by atoms with Crippen molar-refractivity contribution in [2.45, 2.75) is 52.2 Å². The highest BCUT2D eigenvalue weighted by Gasteiger charge is 2.28. The van der Waals surface area contributed by atoms with Crippen LogP contribution in [0.4, 0.5) is 0 Å². The van der Waals surface area contributed by atoms with Gasteiger partial charge in [-0.2, -0.15) is 0 Å². The van der Waals surface area contributed by atoms with Crippen LogP contribution < -0.4 is 5.32 Å². The first-order valence-electron chi connectivity index (χ1n) is 9.05. The van der Waals surface area contributed by atoms with Gasteiger partial charge in [0, 0.05) is 17.1 Å². The maximum Gasteiger partial charge on any atom is 0.242 e. The van der Waals surface area contributed by atoms with Crippen LogP contribution in [0.1, 0.15) is 38.8 Å². The summed E-state index contributed by atoms with van der Waals surface area (Å²) in [5.41, 5.74) is 1.49. The zero-order chi connectivity index (χ0) is 20.0. The fourth-order valence-electron chi connectivity index (χ4n) is 2.72. The van der Waals surface area contributed by atoms with E-state index >= 15 is 0 Å². The van der Waals surface area contributed by atoms with Crippen molar-refractivity contribution in [1.82, 2.24) is 10.2 Å². The molecule has 0 radical (unpaired) electrons. The van der Waals surface area contributed by atoms with E-state index < -0.39 is 6.04 Å². The van der Waals surface area contributed by atoms with E-state index in [9.17, 15) is 9.59 Å². The van der Waals surface area contributed by atoms with Crippen molar-refractivity contribution in [3.63, 3.8) is 0 Å². The Hall–Kier alpha value is -2.33. The molecule has 0 fully saturated rings. The minimum atomic E-state index is -0.579. The molecular formula is C22H27ClN2O2. The molecule has 2 aromatic rings. The average Bonchev–Trinajstić information content (AvgIpc) is 2.60. The van der Waals surface area contributed by atoms with Crippen molar-refractivity contribution in [2.24, 2.45) is 0 Å². The van der Waals surface area contributed by atoms with E-state index in [0.717, 1.165) is 11.1 Å². The van der Waals surface area contributed by atoms with Crippen molar-refractivity contribution in [3.05, 3.63) is 70.7 Å². The summed E-state index contributed by atoms with van der Waals surface area (Å²) >= 11 is 5.92. The van der Waals surface area contributed by atoms with Crippen LogP contribution in [0.3, 0.4) is 0 Å². The normalized spacial score (nSPS) is 12.3. The average molecular weight is 387 g/mol. The van der Waals surface area contributed by atoms with E-state index in [0.29, 0.717) is 11.6 Å². The minimum absolute atomic E-state index is 0.0993. The zero-order valence-electron chi connectivity index (χ0n) is 16.3. The number of nitrogens with one attached hydrogen (secondary N) is 1. The Bertz CT molecular complexity index is 767. The summed E-state index contributed by atoms with van der Waals surface area (Å²) in [5, 5.41) is 3.59. The fourth-order valence-corrected chi connectivity index (χ4v) is 2.84. The van der Waals surface area contributed by atoms with E-state index in [2.05, 4.69) is 5.32 Å². The van der Waals surface area contributed by atoms with E-state index in [1.54, 1.807) is 24.0 Å². The van der Waals surface area contributed by atoms with Crippen LogP contribution in [0.2, 0.25) is 5.02 Å². The first-order valence-corrected chi connectivity index (χ1v) is 9.43. The molecule has 0 aliphatic heterocycles. The lowest BCUT2D eigenvalue weighted by Crippen LogP contribution is -2.52. The number of rotatable bonds is 6. The molecule has 0 heterocycles. The number of carbonyl (C=O) groups is 2. The Morgan fingerprint density at radius 3 is 2.15 bits per heavy atom. The molecular weight excluding hydrogens is 360 g/mol. The maximum atomic E-state index is 13.0. The van der Waals surface area contributed by atoms with Gasteiger partial charge in [-0.05, 0) is 51.0 Å². The number of benzene rings is 2. The SMILES string of the molecule is CC(C(=O)NC(C)(C)C)N(Cc1ccccc1)C(=O)Cc1ccc(Cl)cc1. The van der Waals surface area contributed by atoms with E-state index in [-0.39, 0.29) is 23.8 Å². The smallest absolute Gasteiger partial charge is 0.242 e. The summed E-state index contributed by atoms with van der Waals surface area (Å²) in [5.74, 6) is -0.263. The predicted octanol–water partition coefficient (Wildman–Crippen LogP) is 4.21. The number of amides is 2. The van der Waals surface area contributed by atoms with E-state index in [4.69, 9.17) is 11.6 Å². The molecule has 0 bridgehead atoms. The van der Waals surface area contributed by atoms with Crippen LogP contribution in [0.25, 0.3) is 0 Å². The van der Waals surface area contributed by atoms with Crippen molar-refractivity contribution < 1.29 is 9.59 Å². The minimum Gasteiger partial charge on any atom is -0.350 e. The number of nitrogens with zero attached hydrogens (tertiary/aromatic N) is 1. The molecule has 2 aromatic carbocycles. The van der Waals surface area contributed by atoms with Gasteiger partial charge in [-0.1, -0.05) is 54.1 Å². The third kappa shape index (κ3) is 6.72. The fraction of sp³-hybridized carbons (Fsp3) is 0.364. The van der Waals surface area contributed by atoms with Gasteiger partial charge in [0.15, 0.2) is 0 Å². The Balaban J connectivity index is 2.21. The first kappa shape index (κ1) is 21.0. The summed E-state index contributed by atoms with van der Waals surface area (Å²) in [6, 6.07) is 16.3. The molecule has 1 unspecified atom stereocenters. The highest BCUT2D eigenvalue weighted by atomic mass is 35.5. The Morgan fingerprint density at radius 2 is 1.59 bits per heavy atom. The lowest BCUT2D eigenvalue weighted by molar-refractivity contribution is -0.140. The molecule has 0 saturated heterocycles. The van der Waals surface area contributed by atoms with Crippen LogP contribution >= 0.6 is 11.6 Å². The van der Waals surface area contributed by atoms with Gasteiger partial charge in [-0.25, -0.2) is 0 Å². The molecule has 0 aromatic heterocycles. The molecule has 1 N–H and O–H groups in total. The summed E-state index contributed by atoms with van der Waals surface area (Å²) in [6.07, 6.45) is 0.219. The van der Waals surface area contributed by atoms with Crippen molar-refractivity contribution in [2.75, 3.05) is 0 Å². The number of halogens is 1. The summed E-state index contributed by atoms with van der Waals surface area (Å²) in [4.78, 5) is 27.3. The summed E-state index contributed by atoms with van der Waals surface area (Å²) in [6.45, 7) is 7.92. The molecule has 2 amide bonds. The van der Waals surface area contributed by atoms with Crippen LogP contribution in [0, 0.1) is 0 Å². The second-order valence-corrected chi connectivity index (χ2v) is 8.16. The van der Waals surface area contributed by atoms with Crippen LogP contribution in [0.5, 0.6) is 0 Å². The van der Waals surface area contributed by atoms with Gasteiger partial charge in [0.25, 0.3) is 0 Å². The van der Waals surface area contributed by atoms with E-state index in [1.807, 2.05) is 63.2 Å². The third-order valence-electron chi connectivity index (χ3n) is 4.13. The molecule has 0 aliphatic carbocycles. The number of hydrogen-bond acceptors (Lipinski definition) is 2. The van der Waals surface area contributed by atoms with Gasteiger partial charge in [0.05, 0.1) is 6.42 Å². The third-order valence-corrected chi connectivity index (χ3v) is 4.38. The molecule has 0 aliphatic rings.